The number of halogens is 8. The normalized spacial score (nSPS) is 21.2. The first-order chi connectivity index (χ1) is 27.4. The van der Waals surface area contributed by atoms with Crippen molar-refractivity contribution in [3.63, 3.8) is 0 Å². The summed E-state index contributed by atoms with van der Waals surface area (Å²) in [7, 11) is 1.12. The number of fused-ring (bicyclic) bond motifs is 2. The molecule has 4 aliphatic heterocycles. The first kappa shape index (κ1) is 40.9. The number of aliphatic imine (C=N–C) groups is 1. The summed E-state index contributed by atoms with van der Waals surface area (Å²) in [6, 6.07) is 2.08. The number of aromatic nitrogens is 2. The Balaban J connectivity index is 0.000000442. The number of anilines is 1. The van der Waals surface area contributed by atoms with Gasteiger partial charge in [0, 0.05) is 41.6 Å². The molecule has 8 rings (SSSR count). The Morgan fingerprint density at radius 3 is 2.57 bits per heavy atom. The fraction of sp³-hybridized carbons (Fsp3) is 0.450. The lowest BCUT2D eigenvalue weighted by molar-refractivity contribution is -0.138. The number of rotatable bonds is 7. The van der Waals surface area contributed by atoms with Crippen LogP contribution in [0.2, 0.25) is 0 Å². The number of amidine groups is 1. The summed E-state index contributed by atoms with van der Waals surface area (Å²) in [5, 5.41) is 9.48. The number of carbonyl (C=O) groups excluding carboxylic acids is 1. The number of Topliss-reactive ketones (excluding diaryl/α,β-unsaturated/α-hetero) is 1. The highest BCUT2D eigenvalue weighted by molar-refractivity contribution is 6.14. The number of hydrogen-bond acceptors (Lipinski definition) is 10. The van der Waals surface area contributed by atoms with Gasteiger partial charge in [0.15, 0.2) is 11.6 Å². The van der Waals surface area contributed by atoms with Crippen LogP contribution in [0.15, 0.2) is 40.9 Å². The Hall–Kier alpha value is -5.26. The van der Waals surface area contributed by atoms with E-state index in [0.717, 1.165) is 51.3 Å². The molecule has 3 N–H and O–H groups in total. The van der Waals surface area contributed by atoms with Gasteiger partial charge < -0.3 is 25.2 Å². The van der Waals surface area contributed by atoms with E-state index in [1.165, 1.54) is 17.7 Å². The first-order valence-electron chi connectivity index (χ1n) is 18.7. The number of phenols is 1. The molecule has 18 heteroatoms. The number of carbonyl (C=O) groups is 1. The number of nitrogens with two attached hydrogens (primary N) is 1. The molecule has 1 aromatic heterocycles. The van der Waals surface area contributed by atoms with Crippen molar-refractivity contribution in [2.75, 3.05) is 44.8 Å². The largest absolute Gasteiger partial charge is 0.508 e. The topological polar surface area (TPSA) is 126 Å². The molecule has 3 atom stereocenters. The first-order valence-corrected chi connectivity index (χ1v) is 18.7. The van der Waals surface area contributed by atoms with Crippen molar-refractivity contribution in [1.29, 1.82) is 0 Å². The second-order valence-corrected chi connectivity index (χ2v) is 15.0. The minimum absolute atomic E-state index is 0.0451. The fourth-order valence-electron chi connectivity index (χ4n) is 8.75. The van der Waals surface area contributed by atoms with Gasteiger partial charge in [-0.25, -0.2) is 22.0 Å². The van der Waals surface area contributed by atoms with Crippen LogP contribution in [-0.4, -0.2) is 95.7 Å². The van der Waals surface area contributed by atoms with Crippen molar-refractivity contribution in [3.05, 3.63) is 58.7 Å². The molecule has 0 bridgehead atoms. The predicted molar refractivity (Wildman–Crippen MR) is 201 cm³/mol. The Morgan fingerprint density at radius 1 is 1.16 bits per heavy atom. The lowest BCUT2D eigenvalue weighted by atomic mass is 9.88. The van der Waals surface area contributed by atoms with Crippen molar-refractivity contribution in [2.24, 2.45) is 10.7 Å². The molecule has 0 saturated carbocycles. The maximum atomic E-state index is 17.0. The minimum Gasteiger partial charge on any atom is -0.508 e. The number of ether oxygens (including phenoxy) is 2. The lowest BCUT2D eigenvalue weighted by Crippen LogP contribution is -2.44. The molecule has 4 aliphatic rings. The molecule has 2 saturated heterocycles. The molecule has 58 heavy (non-hydrogen) atoms. The number of dihydropyridines is 1. The van der Waals surface area contributed by atoms with Crippen LogP contribution in [0, 0.1) is 11.6 Å². The van der Waals surface area contributed by atoms with Gasteiger partial charge in [-0.2, -0.15) is 23.1 Å². The van der Waals surface area contributed by atoms with Crippen LogP contribution >= 0.6 is 0 Å². The van der Waals surface area contributed by atoms with Gasteiger partial charge in [0.2, 0.25) is 6.43 Å². The van der Waals surface area contributed by atoms with Crippen LogP contribution in [0.5, 0.6) is 17.5 Å². The van der Waals surface area contributed by atoms with Crippen molar-refractivity contribution < 1.29 is 54.5 Å². The minimum atomic E-state index is -5.38. The fourth-order valence-corrected chi connectivity index (χ4v) is 8.75. The lowest BCUT2D eigenvalue weighted by Gasteiger charge is -2.34. The highest BCUT2D eigenvalue weighted by Gasteiger charge is 2.46. The van der Waals surface area contributed by atoms with Gasteiger partial charge in [-0.05, 0) is 75.2 Å². The molecule has 0 aliphatic carbocycles. The van der Waals surface area contributed by atoms with E-state index in [1.807, 2.05) is 0 Å². The summed E-state index contributed by atoms with van der Waals surface area (Å²) >= 11 is 0. The van der Waals surface area contributed by atoms with Crippen LogP contribution in [0.4, 0.5) is 40.9 Å². The maximum Gasteiger partial charge on any atom is 0.420 e. The van der Waals surface area contributed by atoms with Gasteiger partial charge in [-0.15, -0.1) is 0 Å². The van der Waals surface area contributed by atoms with Crippen molar-refractivity contribution in [1.82, 2.24) is 14.9 Å². The molecule has 5 heterocycles. The summed E-state index contributed by atoms with van der Waals surface area (Å²) in [6.07, 6.45) is -4.48. The molecule has 3 aromatic carbocycles. The SMILES string of the molecule is COc1nc2c3c(c(C(F)(F)F)c(-c4cc(O)cc5ccc(F)c(C(C)=O)c45)c(F)c3n1)OCCN2[C@H](CC(F)F)C1=CCCN=C1N.C[C@@]12CCCN1CC(F)C2. The monoisotopic (exact) mass is 820 g/mol. The standard InChI is InChI=1S/C32H26F7N5O4.C8H14FN/c1-13(45)21-18(33)6-5-14-10-15(46)11-17(22(14)21)23-25(32(37,38)39)28-24-27(26(23)36)42-31(47-2)43-30(24)44(8-9-48-28)19(12-20(34)35)16-4-3-7-41-29(16)40;1-8-3-2-4-10(8)6-7(9)5-8/h4-6,10-11,19-20,46H,3,7-9,12H2,1-2H3,(H2,40,41);7H,2-6H2,1H3/t19-;7?,8-/m10/s1. The Kier molecular flexibility index (Phi) is 10.9. The summed E-state index contributed by atoms with van der Waals surface area (Å²) in [5.41, 5.74) is 1.56. The van der Waals surface area contributed by atoms with Gasteiger partial charge >= 0.3 is 12.2 Å². The number of ketones is 1. The average Bonchev–Trinajstić information content (AvgIpc) is 3.57. The molecule has 10 nitrogen and oxygen atoms in total. The molecular weight excluding hydrogens is 780 g/mol. The van der Waals surface area contributed by atoms with Crippen LogP contribution < -0.4 is 20.1 Å². The molecule has 4 aromatic rings. The number of alkyl halides is 6. The third-order valence-electron chi connectivity index (χ3n) is 11.2. The Labute approximate surface area is 327 Å². The molecule has 0 radical (unpaired) electrons. The second kappa shape index (κ2) is 15.5. The summed E-state index contributed by atoms with van der Waals surface area (Å²) in [4.78, 5) is 28.5. The molecule has 0 spiro atoms. The predicted octanol–water partition coefficient (Wildman–Crippen LogP) is 8.16. The zero-order valence-corrected chi connectivity index (χ0v) is 31.7. The average molecular weight is 821 g/mol. The van der Waals surface area contributed by atoms with Crippen LogP contribution in [0.1, 0.15) is 61.9 Å². The zero-order valence-electron chi connectivity index (χ0n) is 31.7. The van der Waals surface area contributed by atoms with E-state index in [1.54, 1.807) is 6.08 Å². The van der Waals surface area contributed by atoms with E-state index in [2.05, 4.69) is 26.8 Å². The number of aromatic hydroxyl groups is 1. The highest BCUT2D eigenvalue weighted by Crippen LogP contribution is 2.53. The van der Waals surface area contributed by atoms with E-state index in [4.69, 9.17) is 15.2 Å². The summed E-state index contributed by atoms with van der Waals surface area (Å²) < 4.78 is 130. The van der Waals surface area contributed by atoms with Gasteiger partial charge in [0.1, 0.15) is 52.8 Å². The van der Waals surface area contributed by atoms with Crippen LogP contribution in [-0.2, 0) is 6.18 Å². The van der Waals surface area contributed by atoms with Gasteiger partial charge in [-0.3, -0.25) is 14.7 Å². The molecule has 1 unspecified atom stereocenters. The van der Waals surface area contributed by atoms with Crippen molar-refractivity contribution in [3.8, 4) is 28.6 Å². The van der Waals surface area contributed by atoms with E-state index in [9.17, 15) is 23.1 Å². The number of hydrogen-bond donors (Lipinski definition) is 2. The van der Waals surface area contributed by atoms with Crippen molar-refractivity contribution in [2.45, 2.75) is 76.3 Å². The van der Waals surface area contributed by atoms with E-state index < -0.39 is 117 Å². The van der Waals surface area contributed by atoms with Crippen LogP contribution in [0.3, 0.4) is 0 Å². The second-order valence-electron chi connectivity index (χ2n) is 15.0. The van der Waals surface area contributed by atoms with Crippen LogP contribution in [0.25, 0.3) is 32.8 Å². The number of methoxy groups -OCH3 is 1. The van der Waals surface area contributed by atoms with E-state index in [-0.39, 0.29) is 28.9 Å². The Bertz CT molecular complexity index is 2350. The molecular formula is C40H40F8N6O4. The van der Waals surface area contributed by atoms with Gasteiger partial charge in [-0.1, -0.05) is 12.1 Å². The summed E-state index contributed by atoms with van der Waals surface area (Å²) in [5.74, 6) is -5.57. The number of nitrogens with zero attached hydrogens (tertiary/aromatic N) is 5. The van der Waals surface area contributed by atoms with Gasteiger partial charge in [0.25, 0.3) is 0 Å². The Morgan fingerprint density at radius 2 is 1.91 bits per heavy atom. The maximum absolute atomic E-state index is 17.0. The smallest absolute Gasteiger partial charge is 0.420 e. The molecule has 310 valence electrons. The third-order valence-corrected chi connectivity index (χ3v) is 11.2. The third kappa shape index (κ3) is 7.34. The van der Waals surface area contributed by atoms with E-state index in [0.29, 0.717) is 19.5 Å². The quantitative estimate of drug-likeness (QED) is 0.140. The molecule has 2 fully saturated rings. The van der Waals surface area contributed by atoms with Crippen molar-refractivity contribution >= 4 is 39.1 Å². The van der Waals surface area contributed by atoms with Gasteiger partial charge in [0.05, 0.1) is 30.6 Å². The van der Waals surface area contributed by atoms with E-state index >= 15 is 22.0 Å². The summed E-state index contributed by atoms with van der Waals surface area (Å²) in [6.45, 7) is 4.46. The molecule has 0 amide bonds. The number of benzene rings is 3. The zero-order chi connectivity index (χ0) is 41.8. The number of phenolic OH excluding ortho intramolecular Hbond substituents is 1. The highest BCUT2D eigenvalue weighted by atomic mass is 19.4.